The molecule has 0 N–H and O–H groups in total. The number of imide groups is 1. The number of halogens is 3. The van der Waals surface area contributed by atoms with E-state index in [9.17, 15) is 31.2 Å². The van der Waals surface area contributed by atoms with Gasteiger partial charge in [-0.1, -0.05) is 0 Å². The number of ether oxygens (including phenoxy) is 2. The number of carbonyl (C=O) groups excluding carboxylic acids is 2. The highest BCUT2D eigenvalue weighted by molar-refractivity contribution is 7.87. The third-order valence-electron chi connectivity index (χ3n) is 4.68. The summed E-state index contributed by atoms with van der Waals surface area (Å²) in [6, 6.07) is 4.82. The number of rotatable bonds is 6. The average Bonchev–Trinajstić information content (AvgIpc) is 3.15. The third kappa shape index (κ3) is 3.76. The number of methoxy groups -OCH3 is 2. The number of nitrogens with zero attached hydrogens (tertiary/aromatic N) is 1. The molecule has 1 aliphatic heterocycles. The van der Waals surface area contributed by atoms with Crippen molar-refractivity contribution in [1.82, 2.24) is 4.90 Å². The number of amides is 2. The molecule has 158 valence electrons. The van der Waals surface area contributed by atoms with Gasteiger partial charge in [-0.3, -0.25) is 14.5 Å². The Bertz CT molecular complexity index is 987. The highest BCUT2D eigenvalue weighted by Gasteiger charge is 2.53. The summed E-state index contributed by atoms with van der Waals surface area (Å²) < 4.78 is 74.0. The zero-order valence-corrected chi connectivity index (χ0v) is 16.0. The molecule has 2 unspecified atom stereocenters. The first kappa shape index (κ1) is 21.0. The van der Waals surface area contributed by atoms with Gasteiger partial charge < -0.3 is 13.7 Å². The molecule has 12 heteroatoms. The fraction of sp³-hybridized carbons (Fsp3) is 0.412. The van der Waals surface area contributed by atoms with Gasteiger partial charge in [-0.15, -0.1) is 0 Å². The van der Waals surface area contributed by atoms with E-state index >= 15 is 0 Å². The van der Waals surface area contributed by atoms with Crippen molar-refractivity contribution >= 4 is 21.9 Å². The number of hydrogen-bond acceptors (Lipinski definition) is 7. The lowest BCUT2D eigenvalue weighted by Gasteiger charge is -2.18. The Kier molecular flexibility index (Phi) is 5.24. The van der Waals surface area contributed by atoms with Gasteiger partial charge in [0.2, 0.25) is 11.8 Å². The van der Waals surface area contributed by atoms with E-state index in [-0.39, 0.29) is 6.54 Å². The van der Waals surface area contributed by atoms with Crippen molar-refractivity contribution in [2.75, 3.05) is 14.2 Å². The Hall–Kier alpha value is -2.76. The van der Waals surface area contributed by atoms with Crippen LogP contribution in [0, 0.1) is 11.8 Å². The number of hydrogen-bond donors (Lipinski definition) is 0. The number of fused-ring (bicyclic) bond motifs is 1. The van der Waals surface area contributed by atoms with E-state index in [2.05, 4.69) is 4.18 Å². The molecule has 29 heavy (non-hydrogen) atoms. The van der Waals surface area contributed by atoms with Gasteiger partial charge in [0.05, 0.1) is 32.6 Å². The van der Waals surface area contributed by atoms with Crippen LogP contribution < -0.4 is 9.47 Å². The fourth-order valence-electron chi connectivity index (χ4n) is 3.26. The molecule has 0 spiro atoms. The standard InChI is InChI=1S/C17H16F3NO7S/c1-26-10-4-3-9(14(7-10)27-2)8-21-15(22)12-5-11(6-13(12)16(21)23)28-29(24,25)17(18,19)20/h3-5,7,12-13H,6,8H2,1-2H3. The lowest BCUT2D eigenvalue weighted by atomic mass is 9.99. The van der Waals surface area contributed by atoms with Crippen molar-refractivity contribution in [1.29, 1.82) is 0 Å². The van der Waals surface area contributed by atoms with Crippen molar-refractivity contribution in [3.8, 4) is 11.5 Å². The van der Waals surface area contributed by atoms with E-state index in [1.165, 1.54) is 14.2 Å². The largest absolute Gasteiger partial charge is 0.534 e. The predicted octanol–water partition coefficient (Wildman–Crippen LogP) is 1.96. The minimum Gasteiger partial charge on any atom is -0.497 e. The Morgan fingerprint density at radius 3 is 2.38 bits per heavy atom. The van der Waals surface area contributed by atoms with Crippen LogP contribution in [0.25, 0.3) is 0 Å². The molecule has 1 heterocycles. The molecular weight excluding hydrogens is 419 g/mol. The van der Waals surface area contributed by atoms with Crippen molar-refractivity contribution in [3.05, 3.63) is 35.6 Å². The van der Waals surface area contributed by atoms with Gasteiger partial charge in [0.25, 0.3) is 0 Å². The molecule has 3 rings (SSSR count). The molecule has 0 bridgehead atoms. The van der Waals surface area contributed by atoms with Crippen LogP contribution in [-0.4, -0.2) is 44.9 Å². The van der Waals surface area contributed by atoms with E-state index in [0.717, 1.165) is 11.0 Å². The molecule has 1 fully saturated rings. The maximum Gasteiger partial charge on any atom is 0.534 e. The van der Waals surface area contributed by atoms with E-state index in [4.69, 9.17) is 9.47 Å². The predicted molar refractivity (Wildman–Crippen MR) is 90.8 cm³/mol. The first-order chi connectivity index (χ1) is 13.5. The Morgan fingerprint density at radius 2 is 1.83 bits per heavy atom. The first-order valence-corrected chi connectivity index (χ1v) is 9.67. The molecule has 2 atom stereocenters. The van der Waals surface area contributed by atoms with Crippen LogP contribution in [-0.2, 0) is 30.4 Å². The zero-order valence-electron chi connectivity index (χ0n) is 15.2. The minimum atomic E-state index is -5.86. The molecule has 0 saturated carbocycles. The van der Waals surface area contributed by atoms with Crippen molar-refractivity contribution in [2.45, 2.75) is 18.5 Å². The number of likely N-dealkylation sites (tertiary alicyclic amines) is 1. The summed E-state index contributed by atoms with van der Waals surface area (Å²) in [6.07, 6.45) is 0.542. The maximum absolute atomic E-state index is 12.6. The summed E-state index contributed by atoms with van der Waals surface area (Å²) in [7, 11) is -2.98. The second kappa shape index (κ2) is 7.25. The first-order valence-electron chi connectivity index (χ1n) is 8.26. The van der Waals surface area contributed by atoms with Crippen LogP contribution in [0.5, 0.6) is 11.5 Å². The molecular formula is C17H16F3NO7S. The molecule has 1 saturated heterocycles. The van der Waals surface area contributed by atoms with Gasteiger partial charge in [-0.2, -0.15) is 21.6 Å². The number of allylic oxidation sites excluding steroid dienone is 1. The number of benzene rings is 1. The van der Waals surface area contributed by atoms with Crippen LogP contribution in [0.15, 0.2) is 30.0 Å². The topological polar surface area (TPSA) is 99.2 Å². The number of alkyl halides is 3. The summed E-state index contributed by atoms with van der Waals surface area (Å²) >= 11 is 0. The van der Waals surface area contributed by atoms with Gasteiger partial charge >= 0.3 is 15.6 Å². The van der Waals surface area contributed by atoms with E-state index in [1.54, 1.807) is 18.2 Å². The van der Waals surface area contributed by atoms with E-state index < -0.39 is 51.5 Å². The van der Waals surface area contributed by atoms with Gasteiger partial charge in [-0.05, 0) is 18.2 Å². The lowest BCUT2D eigenvalue weighted by Crippen LogP contribution is -2.31. The van der Waals surface area contributed by atoms with Crippen molar-refractivity contribution < 1.29 is 44.8 Å². The van der Waals surface area contributed by atoms with Crippen LogP contribution in [0.4, 0.5) is 13.2 Å². The second-order valence-corrected chi connectivity index (χ2v) is 7.93. The average molecular weight is 435 g/mol. The van der Waals surface area contributed by atoms with Gasteiger partial charge in [0, 0.05) is 18.1 Å². The van der Waals surface area contributed by atoms with Gasteiger partial charge in [0.1, 0.15) is 17.3 Å². The summed E-state index contributed by atoms with van der Waals surface area (Å²) in [5, 5.41) is 0. The zero-order chi connectivity index (χ0) is 21.6. The van der Waals surface area contributed by atoms with Crippen molar-refractivity contribution in [3.63, 3.8) is 0 Å². The fourth-order valence-corrected chi connectivity index (χ4v) is 3.76. The lowest BCUT2D eigenvalue weighted by molar-refractivity contribution is -0.140. The highest BCUT2D eigenvalue weighted by atomic mass is 32.2. The molecule has 8 nitrogen and oxygen atoms in total. The Balaban J connectivity index is 1.79. The van der Waals surface area contributed by atoms with Gasteiger partial charge in [0.15, 0.2) is 0 Å². The Labute approximate surface area is 163 Å². The normalized spacial score (nSPS) is 21.8. The molecule has 0 radical (unpaired) electrons. The van der Waals surface area contributed by atoms with Crippen molar-refractivity contribution in [2.24, 2.45) is 11.8 Å². The van der Waals surface area contributed by atoms with E-state index in [1.807, 2.05) is 0 Å². The summed E-state index contributed by atoms with van der Waals surface area (Å²) in [4.78, 5) is 26.2. The molecule has 1 aromatic carbocycles. The van der Waals surface area contributed by atoms with Crippen LogP contribution in [0.1, 0.15) is 12.0 Å². The number of carbonyl (C=O) groups is 2. The second-order valence-electron chi connectivity index (χ2n) is 6.39. The SMILES string of the molecule is COc1ccc(CN2C(=O)C3C=C(OS(=O)(=O)C(F)(F)F)CC3C2=O)c(OC)c1. The highest BCUT2D eigenvalue weighted by Crippen LogP contribution is 2.42. The molecule has 1 aliphatic carbocycles. The third-order valence-corrected chi connectivity index (χ3v) is 5.68. The summed E-state index contributed by atoms with van der Waals surface area (Å²) in [5.41, 5.74) is -5.08. The summed E-state index contributed by atoms with van der Waals surface area (Å²) in [5.74, 6) is -3.04. The molecule has 0 aromatic heterocycles. The minimum absolute atomic E-state index is 0.108. The van der Waals surface area contributed by atoms with E-state index in [0.29, 0.717) is 17.1 Å². The Morgan fingerprint density at radius 1 is 1.14 bits per heavy atom. The molecule has 2 amide bonds. The van der Waals surface area contributed by atoms with Crippen LogP contribution in [0.2, 0.25) is 0 Å². The monoisotopic (exact) mass is 435 g/mol. The van der Waals surface area contributed by atoms with Crippen LogP contribution in [0.3, 0.4) is 0 Å². The smallest absolute Gasteiger partial charge is 0.497 e. The maximum atomic E-state index is 12.6. The summed E-state index contributed by atoms with van der Waals surface area (Å²) in [6.45, 7) is -0.108. The van der Waals surface area contributed by atoms with Crippen LogP contribution >= 0.6 is 0 Å². The molecule has 2 aliphatic rings. The quantitative estimate of drug-likeness (QED) is 0.383. The van der Waals surface area contributed by atoms with Gasteiger partial charge in [-0.25, -0.2) is 0 Å². The molecule has 1 aromatic rings.